The van der Waals surface area contributed by atoms with E-state index in [1.807, 2.05) is 74.5 Å². The smallest absolute Gasteiger partial charge is 0.220 e. The van der Waals surface area contributed by atoms with E-state index in [1.165, 1.54) is 0 Å². The first-order valence-corrected chi connectivity index (χ1v) is 8.75. The molecule has 0 spiro atoms. The van der Waals surface area contributed by atoms with E-state index in [1.54, 1.807) is 0 Å². The summed E-state index contributed by atoms with van der Waals surface area (Å²) in [5.41, 5.74) is 2.15. The van der Waals surface area contributed by atoms with Crippen LogP contribution in [0.2, 0.25) is 0 Å². The van der Waals surface area contributed by atoms with E-state index in [4.69, 9.17) is 0 Å². The molecule has 0 fully saturated rings. The summed E-state index contributed by atoms with van der Waals surface area (Å²) in [5.74, 6) is -0.0551. The highest BCUT2D eigenvalue weighted by Gasteiger charge is 2.12. The fourth-order valence-corrected chi connectivity index (χ4v) is 2.69. The zero-order valence-electron chi connectivity index (χ0n) is 14.9. The van der Waals surface area contributed by atoms with Crippen LogP contribution in [0.5, 0.6) is 0 Å². The number of benzene rings is 2. The molecular weight excluding hydrogens is 312 g/mol. The largest absolute Gasteiger partial charge is 0.350 e. The van der Waals surface area contributed by atoms with Crippen molar-refractivity contribution in [3.8, 4) is 0 Å². The summed E-state index contributed by atoms with van der Waals surface area (Å²) in [7, 11) is 0. The molecule has 2 aromatic rings. The second-order valence-electron chi connectivity index (χ2n) is 6.25. The Hall–Kier alpha value is -2.62. The summed E-state index contributed by atoms with van der Waals surface area (Å²) in [4.78, 5) is 24.0. The summed E-state index contributed by atoms with van der Waals surface area (Å²) in [6.45, 7) is 3.92. The van der Waals surface area contributed by atoms with Crippen molar-refractivity contribution in [2.24, 2.45) is 0 Å². The normalized spacial score (nSPS) is 12.9. The Morgan fingerprint density at radius 2 is 1.08 bits per heavy atom. The van der Waals surface area contributed by atoms with Gasteiger partial charge in [0.05, 0.1) is 12.1 Å². The van der Waals surface area contributed by atoms with Crippen LogP contribution in [0.15, 0.2) is 60.7 Å². The number of carbonyl (C=O) groups excluding carboxylic acids is 2. The maximum Gasteiger partial charge on any atom is 0.220 e. The quantitative estimate of drug-likeness (QED) is 0.766. The highest BCUT2D eigenvalue weighted by molar-refractivity contribution is 5.79. The molecule has 4 heteroatoms. The van der Waals surface area contributed by atoms with Crippen molar-refractivity contribution in [2.75, 3.05) is 0 Å². The van der Waals surface area contributed by atoms with Crippen molar-refractivity contribution in [1.82, 2.24) is 10.6 Å². The second kappa shape index (κ2) is 9.62. The Labute approximate surface area is 149 Å². The van der Waals surface area contributed by atoms with Gasteiger partial charge in [0.2, 0.25) is 11.8 Å². The lowest BCUT2D eigenvalue weighted by Gasteiger charge is -2.15. The zero-order chi connectivity index (χ0) is 18.1. The predicted molar refractivity (Wildman–Crippen MR) is 99.9 cm³/mol. The lowest BCUT2D eigenvalue weighted by atomic mass is 10.1. The summed E-state index contributed by atoms with van der Waals surface area (Å²) >= 11 is 0. The summed E-state index contributed by atoms with van der Waals surface area (Å²) in [6, 6.07) is 19.6. The highest BCUT2D eigenvalue weighted by Crippen LogP contribution is 2.13. The molecule has 2 rings (SSSR count). The van der Waals surface area contributed by atoms with E-state index < -0.39 is 0 Å². The lowest BCUT2D eigenvalue weighted by molar-refractivity contribution is -0.123. The minimum Gasteiger partial charge on any atom is -0.350 e. The molecular formula is C21H26N2O2. The van der Waals surface area contributed by atoms with Gasteiger partial charge in [0, 0.05) is 12.8 Å². The molecule has 0 aliphatic heterocycles. The molecule has 0 saturated heterocycles. The molecule has 0 aliphatic carbocycles. The van der Waals surface area contributed by atoms with Gasteiger partial charge in [0.25, 0.3) is 0 Å². The number of rotatable bonds is 8. The number of nitrogens with one attached hydrogen (secondary N) is 2. The van der Waals surface area contributed by atoms with E-state index >= 15 is 0 Å². The minimum absolute atomic E-state index is 0.0272. The fraction of sp³-hybridized carbons (Fsp3) is 0.333. The molecule has 0 bridgehead atoms. The number of hydrogen-bond donors (Lipinski definition) is 2. The first kappa shape index (κ1) is 18.7. The van der Waals surface area contributed by atoms with Crippen LogP contribution in [0, 0.1) is 0 Å². The molecule has 0 aromatic heterocycles. The van der Waals surface area contributed by atoms with Gasteiger partial charge in [0.15, 0.2) is 0 Å². The standard InChI is InChI=1S/C21H26N2O2/c1-16(18-10-5-3-6-11-18)22-20(24)14-9-15-21(25)23-17(2)19-12-7-4-8-13-19/h3-8,10-13,16-17H,9,14-15H2,1-2H3,(H,22,24)(H,23,25)/t16-,17+. The third-order valence-electron chi connectivity index (χ3n) is 4.16. The third kappa shape index (κ3) is 6.42. The van der Waals surface area contributed by atoms with Crippen LogP contribution in [0.3, 0.4) is 0 Å². The van der Waals surface area contributed by atoms with E-state index in [0.29, 0.717) is 19.3 Å². The average Bonchev–Trinajstić information content (AvgIpc) is 2.63. The Bertz CT molecular complexity index is 611. The molecule has 0 radical (unpaired) electrons. The second-order valence-corrected chi connectivity index (χ2v) is 6.25. The lowest BCUT2D eigenvalue weighted by Crippen LogP contribution is -2.28. The van der Waals surface area contributed by atoms with Crippen molar-refractivity contribution < 1.29 is 9.59 Å². The van der Waals surface area contributed by atoms with Gasteiger partial charge in [-0.1, -0.05) is 60.7 Å². The van der Waals surface area contributed by atoms with Gasteiger partial charge in [-0.25, -0.2) is 0 Å². The Balaban J connectivity index is 1.67. The first-order valence-electron chi connectivity index (χ1n) is 8.75. The maximum atomic E-state index is 12.0. The molecule has 2 N–H and O–H groups in total. The van der Waals surface area contributed by atoms with Crippen LogP contribution in [0.25, 0.3) is 0 Å². The van der Waals surface area contributed by atoms with Gasteiger partial charge >= 0.3 is 0 Å². The van der Waals surface area contributed by atoms with Crippen molar-refractivity contribution in [2.45, 2.75) is 45.2 Å². The van der Waals surface area contributed by atoms with Crippen molar-refractivity contribution in [3.05, 3.63) is 71.8 Å². The maximum absolute atomic E-state index is 12.0. The summed E-state index contributed by atoms with van der Waals surface area (Å²) < 4.78 is 0. The molecule has 0 saturated carbocycles. The fourth-order valence-electron chi connectivity index (χ4n) is 2.69. The molecule has 132 valence electrons. The van der Waals surface area contributed by atoms with Crippen LogP contribution >= 0.6 is 0 Å². The van der Waals surface area contributed by atoms with Crippen LogP contribution < -0.4 is 10.6 Å². The van der Waals surface area contributed by atoms with E-state index in [9.17, 15) is 9.59 Å². The highest BCUT2D eigenvalue weighted by atomic mass is 16.2. The van der Waals surface area contributed by atoms with Gasteiger partial charge < -0.3 is 10.6 Å². The number of hydrogen-bond acceptors (Lipinski definition) is 2. The van der Waals surface area contributed by atoms with Crippen molar-refractivity contribution in [3.63, 3.8) is 0 Å². The molecule has 0 unspecified atom stereocenters. The van der Waals surface area contributed by atoms with Gasteiger partial charge in [-0.15, -0.1) is 0 Å². The van der Waals surface area contributed by atoms with Crippen LogP contribution in [0.4, 0.5) is 0 Å². The number of carbonyl (C=O) groups is 2. The SMILES string of the molecule is C[C@H](NC(=O)CCCC(=O)N[C@H](C)c1ccccc1)c1ccccc1. The van der Waals surface area contributed by atoms with Crippen molar-refractivity contribution in [1.29, 1.82) is 0 Å². The van der Waals surface area contributed by atoms with E-state index in [-0.39, 0.29) is 23.9 Å². The Kier molecular flexibility index (Phi) is 7.20. The van der Waals surface area contributed by atoms with E-state index in [0.717, 1.165) is 11.1 Å². The monoisotopic (exact) mass is 338 g/mol. The Morgan fingerprint density at radius 1 is 0.720 bits per heavy atom. The minimum atomic E-state index is -0.0275. The Morgan fingerprint density at radius 3 is 1.44 bits per heavy atom. The molecule has 25 heavy (non-hydrogen) atoms. The predicted octanol–water partition coefficient (Wildman–Crippen LogP) is 3.91. The van der Waals surface area contributed by atoms with Crippen LogP contribution in [-0.4, -0.2) is 11.8 Å². The van der Waals surface area contributed by atoms with Crippen LogP contribution in [0.1, 0.15) is 56.3 Å². The molecule has 2 atom stereocenters. The first-order chi connectivity index (χ1) is 12.1. The molecule has 0 heterocycles. The average molecular weight is 338 g/mol. The zero-order valence-corrected chi connectivity index (χ0v) is 14.9. The molecule has 2 amide bonds. The van der Waals surface area contributed by atoms with Gasteiger partial charge in [-0.05, 0) is 31.4 Å². The van der Waals surface area contributed by atoms with E-state index in [2.05, 4.69) is 10.6 Å². The number of amides is 2. The molecule has 4 nitrogen and oxygen atoms in total. The third-order valence-corrected chi connectivity index (χ3v) is 4.16. The summed E-state index contributed by atoms with van der Waals surface area (Å²) in [6.07, 6.45) is 1.25. The summed E-state index contributed by atoms with van der Waals surface area (Å²) in [5, 5.41) is 5.93. The van der Waals surface area contributed by atoms with Crippen molar-refractivity contribution >= 4 is 11.8 Å². The van der Waals surface area contributed by atoms with Gasteiger partial charge in [-0.3, -0.25) is 9.59 Å². The van der Waals surface area contributed by atoms with Gasteiger partial charge in [-0.2, -0.15) is 0 Å². The molecule has 2 aromatic carbocycles. The topological polar surface area (TPSA) is 58.2 Å². The van der Waals surface area contributed by atoms with Crippen LogP contribution in [-0.2, 0) is 9.59 Å². The molecule has 0 aliphatic rings. The van der Waals surface area contributed by atoms with Gasteiger partial charge in [0.1, 0.15) is 0 Å².